The highest BCUT2D eigenvalue weighted by Crippen LogP contribution is 2.29. The molecule has 1 rings (SSSR count). The Kier molecular flexibility index (Phi) is 6.00. The fourth-order valence-electron chi connectivity index (χ4n) is 1.73. The minimum atomic E-state index is 0.267. The molecule has 0 bridgehead atoms. The molecule has 0 aromatic heterocycles. The van der Waals surface area contributed by atoms with E-state index in [1.807, 2.05) is 13.1 Å². The van der Waals surface area contributed by atoms with Gasteiger partial charge in [0.25, 0.3) is 0 Å². The Bertz CT molecular complexity index is 354. The predicted octanol–water partition coefficient (Wildman–Crippen LogP) is 4.30. The van der Waals surface area contributed by atoms with Crippen LogP contribution in [0.15, 0.2) is 22.7 Å². The molecule has 0 saturated heterocycles. The van der Waals surface area contributed by atoms with Crippen LogP contribution in [0.3, 0.4) is 0 Å². The normalized spacial score (nSPS) is 14.4. The summed E-state index contributed by atoms with van der Waals surface area (Å²) in [4.78, 5) is 0. The molecular formula is C14H22BrNO. The molecule has 0 spiro atoms. The van der Waals surface area contributed by atoms with Crippen LogP contribution in [0.5, 0.6) is 5.75 Å². The lowest BCUT2D eigenvalue weighted by molar-refractivity contribution is 0.208. The number of ether oxygens (including phenoxy) is 1. The first-order valence-electron chi connectivity index (χ1n) is 6.21. The quantitative estimate of drug-likeness (QED) is 0.846. The van der Waals surface area contributed by atoms with E-state index in [1.165, 1.54) is 5.56 Å². The zero-order valence-electron chi connectivity index (χ0n) is 11.1. The molecule has 2 atom stereocenters. The monoisotopic (exact) mass is 299 g/mol. The lowest BCUT2D eigenvalue weighted by Gasteiger charge is -2.17. The fraction of sp³-hybridized carbons (Fsp3) is 0.571. The number of hydrogen-bond donors (Lipinski definition) is 1. The van der Waals surface area contributed by atoms with Crippen LogP contribution in [0.4, 0.5) is 0 Å². The topological polar surface area (TPSA) is 21.3 Å². The highest BCUT2D eigenvalue weighted by atomic mass is 79.9. The number of rotatable bonds is 6. The van der Waals surface area contributed by atoms with Crippen molar-refractivity contribution in [3.05, 3.63) is 28.2 Å². The third kappa shape index (κ3) is 4.32. The molecule has 0 fully saturated rings. The Balaban J connectivity index is 2.76. The molecule has 0 amide bonds. The number of hydrogen-bond acceptors (Lipinski definition) is 2. The molecule has 0 heterocycles. The van der Waals surface area contributed by atoms with E-state index in [-0.39, 0.29) is 6.10 Å². The van der Waals surface area contributed by atoms with Crippen molar-refractivity contribution in [2.24, 2.45) is 0 Å². The predicted molar refractivity (Wildman–Crippen MR) is 76.6 cm³/mol. The summed E-state index contributed by atoms with van der Waals surface area (Å²) in [6.07, 6.45) is 2.50. The minimum Gasteiger partial charge on any atom is -0.490 e. The molecule has 0 aliphatic heterocycles. The number of halogens is 1. The van der Waals surface area contributed by atoms with Crippen LogP contribution in [0.1, 0.15) is 45.2 Å². The molecule has 0 radical (unpaired) electrons. The van der Waals surface area contributed by atoms with Crippen molar-refractivity contribution in [2.75, 3.05) is 7.05 Å². The van der Waals surface area contributed by atoms with Gasteiger partial charge in [-0.15, -0.1) is 0 Å². The van der Waals surface area contributed by atoms with Gasteiger partial charge in [0.05, 0.1) is 10.6 Å². The van der Waals surface area contributed by atoms with Crippen LogP contribution in [0.25, 0.3) is 0 Å². The number of benzene rings is 1. The molecule has 1 N–H and O–H groups in total. The molecule has 1 aromatic carbocycles. The summed E-state index contributed by atoms with van der Waals surface area (Å²) in [6, 6.07) is 6.63. The standard InChI is InChI=1S/C14H22BrNO/c1-5-6-10(2)17-14-8-7-12(9-13(14)15)11(3)16-4/h7-11,16H,5-6H2,1-4H3. The summed E-state index contributed by atoms with van der Waals surface area (Å²) in [5.41, 5.74) is 1.26. The molecule has 96 valence electrons. The van der Waals surface area contributed by atoms with Gasteiger partial charge in [0.2, 0.25) is 0 Å². The maximum absolute atomic E-state index is 5.89. The molecule has 2 unspecified atom stereocenters. The number of nitrogens with one attached hydrogen (secondary N) is 1. The first-order valence-corrected chi connectivity index (χ1v) is 7.01. The second-order valence-corrected chi connectivity index (χ2v) is 5.27. The Morgan fingerprint density at radius 3 is 2.59 bits per heavy atom. The van der Waals surface area contributed by atoms with Gasteiger partial charge < -0.3 is 10.1 Å². The zero-order valence-corrected chi connectivity index (χ0v) is 12.7. The third-order valence-electron chi connectivity index (χ3n) is 2.91. The van der Waals surface area contributed by atoms with E-state index in [9.17, 15) is 0 Å². The maximum atomic E-state index is 5.89. The first kappa shape index (κ1) is 14.5. The van der Waals surface area contributed by atoms with Gasteiger partial charge in [-0.1, -0.05) is 19.4 Å². The summed E-state index contributed by atoms with van der Waals surface area (Å²) in [5, 5.41) is 3.23. The van der Waals surface area contributed by atoms with Gasteiger partial charge in [0.1, 0.15) is 5.75 Å². The van der Waals surface area contributed by atoms with Crippen molar-refractivity contribution in [3.63, 3.8) is 0 Å². The fourth-order valence-corrected chi connectivity index (χ4v) is 2.22. The highest BCUT2D eigenvalue weighted by molar-refractivity contribution is 9.10. The van der Waals surface area contributed by atoms with Crippen LogP contribution in [-0.4, -0.2) is 13.2 Å². The molecular weight excluding hydrogens is 278 g/mol. The Labute approximate surface area is 113 Å². The van der Waals surface area contributed by atoms with E-state index in [4.69, 9.17) is 4.74 Å². The van der Waals surface area contributed by atoms with Gasteiger partial charge in [-0.05, 0) is 60.9 Å². The molecule has 0 aliphatic rings. The van der Waals surface area contributed by atoms with E-state index in [0.717, 1.165) is 23.1 Å². The van der Waals surface area contributed by atoms with Crippen LogP contribution < -0.4 is 10.1 Å². The van der Waals surface area contributed by atoms with Crippen molar-refractivity contribution in [1.82, 2.24) is 5.32 Å². The minimum absolute atomic E-state index is 0.267. The Morgan fingerprint density at radius 2 is 2.06 bits per heavy atom. The molecule has 0 saturated carbocycles. The smallest absolute Gasteiger partial charge is 0.133 e. The van der Waals surface area contributed by atoms with E-state index in [1.54, 1.807) is 0 Å². The second-order valence-electron chi connectivity index (χ2n) is 4.42. The van der Waals surface area contributed by atoms with E-state index in [2.05, 4.69) is 54.2 Å². The molecule has 0 aliphatic carbocycles. The highest BCUT2D eigenvalue weighted by Gasteiger charge is 2.09. The maximum Gasteiger partial charge on any atom is 0.133 e. The summed E-state index contributed by atoms with van der Waals surface area (Å²) in [5.74, 6) is 0.929. The Hall–Kier alpha value is -0.540. The van der Waals surface area contributed by atoms with Crippen molar-refractivity contribution in [3.8, 4) is 5.75 Å². The molecule has 3 heteroatoms. The van der Waals surface area contributed by atoms with E-state index >= 15 is 0 Å². The van der Waals surface area contributed by atoms with Crippen molar-refractivity contribution in [2.45, 2.75) is 45.8 Å². The van der Waals surface area contributed by atoms with Gasteiger partial charge >= 0.3 is 0 Å². The second kappa shape index (κ2) is 7.02. The van der Waals surface area contributed by atoms with E-state index in [0.29, 0.717) is 6.04 Å². The molecule has 2 nitrogen and oxygen atoms in total. The van der Waals surface area contributed by atoms with Gasteiger partial charge in [-0.3, -0.25) is 0 Å². The summed E-state index contributed by atoms with van der Waals surface area (Å²) < 4.78 is 6.91. The van der Waals surface area contributed by atoms with Crippen molar-refractivity contribution < 1.29 is 4.74 Å². The van der Waals surface area contributed by atoms with Gasteiger partial charge in [0.15, 0.2) is 0 Å². The lowest BCUT2D eigenvalue weighted by atomic mass is 10.1. The molecule has 17 heavy (non-hydrogen) atoms. The van der Waals surface area contributed by atoms with Gasteiger partial charge in [0, 0.05) is 6.04 Å². The van der Waals surface area contributed by atoms with Crippen molar-refractivity contribution >= 4 is 15.9 Å². The van der Waals surface area contributed by atoms with Crippen LogP contribution in [0.2, 0.25) is 0 Å². The summed E-state index contributed by atoms with van der Waals surface area (Å²) >= 11 is 3.57. The van der Waals surface area contributed by atoms with Crippen LogP contribution in [0, 0.1) is 0 Å². The average molecular weight is 300 g/mol. The van der Waals surface area contributed by atoms with Gasteiger partial charge in [-0.2, -0.15) is 0 Å². The zero-order chi connectivity index (χ0) is 12.8. The van der Waals surface area contributed by atoms with E-state index < -0.39 is 0 Å². The Morgan fingerprint density at radius 1 is 1.35 bits per heavy atom. The summed E-state index contributed by atoms with van der Waals surface area (Å²) in [7, 11) is 1.96. The average Bonchev–Trinajstić information content (AvgIpc) is 2.31. The lowest BCUT2D eigenvalue weighted by Crippen LogP contribution is -2.13. The molecule has 1 aromatic rings. The van der Waals surface area contributed by atoms with Crippen LogP contribution >= 0.6 is 15.9 Å². The van der Waals surface area contributed by atoms with Gasteiger partial charge in [-0.25, -0.2) is 0 Å². The van der Waals surface area contributed by atoms with Crippen molar-refractivity contribution in [1.29, 1.82) is 0 Å². The van der Waals surface area contributed by atoms with Crippen LogP contribution in [-0.2, 0) is 0 Å². The third-order valence-corrected chi connectivity index (χ3v) is 3.53. The first-order chi connectivity index (χ1) is 8.08. The summed E-state index contributed by atoms with van der Waals surface area (Å²) in [6.45, 7) is 6.43. The largest absolute Gasteiger partial charge is 0.490 e. The SMILES string of the molecule is CCCC(C)Oc1ccc(C(C)NC)cc1Br.